The van der Waals surface area contributed by atoms with E-state index in [9.17, 15) is 27.7 Å². The van der Waals surface area contributed by atoms with Gasteiger partial charge < -0.3 is 19.4 Å². The molecule has 1 N–H and O–H groups in total. The molecule has 2 fully saturated rings. The maximum absolute atomic E-state index is 14.2. The van der Waals surface area contributed by atoms with E-state index in [0.29, 0.717) is 17.9 Å². The number of nitrogens with zero attached hydrogens (tertiary/aromatic N) is 3. The highest BCUT2D eigenvalue weighted by Gasteiger charge is 2.33. The summed E-state index contributed by atoms with van der Waals surface area (Å²) in [5, 5.41) is 14.4. The number of alkyl halides is 3. The third kappa shape index (κ3) is 6.83. The van der Waals surface area contributed by atoms with E-state index in [2.05, 4.69) is 19.9 Å². The summed E-state index contributed by atoms with van der Waals surface area (Å²) in [7, 11) is 0. The van der Waals surface area contributed by atoms with Crippen LogP contribution in [-0.4, -0.2) is 35.4 Å². The number of aromatic nitrogens is 1. The Hall–Kier alpha value is -3.83. The number of halogens is 4. The number of oxazole rings is 1. The minimum atomic E-state index is -4.98. The van der Waals surface area contributed by atoms with Gasteiger partial charge in [-0.1, -0.05) is 12.8 Å². The fourth-order valence-electron chi connectivity index (χ4n) is 5.88. The first-order chi connectivity index (χ1) is 19.1. The maximum atomic E-state index is 14.2. The van der Waals surface area contributed by atoms with Crippen molar-refractivity contribution < 1.29 is 31.6 Å². The predicted molar refractivity (Wildman–Crippen MR) is 141 cm³/mol. The van der Waals surface area contributed by atoms with Crippen molar-refractivity contribution in [1.29, 1.82) is 0 Å². The quantitative estimate of drug-likeness (QED) is 0.172. The normalized spacial score (nSPS) is 21.7. The largest absolute Gasteiger partial charge is 0.573 e. The van der Waals surface area contributed by atoms with Gasteiger partial charge in [0, 0.05) is 42.5 Å². The van der Waals surface area contributed by atoms with Gasteiger partial charge in [-0.3, -0.25) is 10.1 Å². The van der Waals surface area contributed by atoms with E-state index in [1.165, 1.54) is 12.3 Å². The molecule has 3 atom stereocenters. The summed E-state index contributed by atoms with van der Waals surface area (Å²) in [5.74, 6) is -0.935. The lowest BCUT2D eigenvalue weighted by atomic mass is 9.77. The minimum absolute atomic E-state index is 0.0840. The Balaban J connectivity index is 1.21. The molecule has 40 heavy (non-hydrogen) atoms. The Kier molecular flexibility index (Phi) is 8.13. The predicted octanol–water partition coefficient (Wildman–Crippen LogP) is 7.56. The molecule has 0 amide bonds. The summed E-state index contributed by atoms with van der Waals surface area (Å²) in [4.78, 5) is 17.2. The van der Waals surface area contributed by atoms with Crippen molar-refractivity contribution in [1.82, 2.24) is 4.98 Å². The number of benzene rings is 2. The van der Waals surface area contributed by atoms with Crippen LogP contribution in [0.4, 0.5) is 35.0 Å². The summed E-state index contributed by atoms with van der Waals surface area (Å²) >= 11 is 0. The number of hydrogen-bond acceptors (Lipinski definition) is 7. The second-order valence-electron chi connectivity index (χ2n) is 10.5. The van der Waals surface area contributed by atoms with Gasteiger partial charge in [0.1, 0.15) is 0 Å². The Morgan fingerprint density at radius 1 is 1.10 bits per heavy atom. The highest BCUT2D eigenvalue weighted by Crippen LogP contribution is 2.36. The molecule has 2 aliphatic rings. The number of non-ortho nitro benzene ring substituents is 1. The highest BCUT2D eigenvalue weighted by atomic mass is 19.4. The van der Waals surface area contributed by atoms with E-state index in [1.807, 2.05) is 12.1 Å². The fourth-order valence-corrected chi connectivity index (χ4v) is 5.88. The van der Waals surface area contributed by atoms with Crippen LogP contribution in [0.25, 0.3) is 11.3 Å². The van der Waals surface area contributed by atoms with Crippen molar-refractivity contribution >= 4 is 17.4 Å². The minimum Gasteiger partial charge on any atom is -0.424 e. The molecule has 1 aliphatic carbocycles. The number of nitro benzene ring substituents is 1. The molecule has 0 bridgehead atoms. The smallest absolute Gasteiger partial charge is 0.424 e. The van der Waals surface area contributed by atoms with Crippen LogP contribution in [0, 0.1) is 27.8 Å². The zero-order chi connectivity index (χ0) is 28.3. The molecule has 1 aliphatic heterocycles. The lowest BCUT2D eigenvalue weighted by Gasteiger charge is -2.39. The Morgan fingerprint density at radius 2 is 1.88 bits per heavy atom. The number of nitro groups is 1. The average Bonchev–Trinajstić information content (AvgIpc) is 3.39. The topological polar surface area (TPSA) is 93.7 Å². The highest BCUT2D eigenvalue weighted by molar-refractivity contribution is 5.59. The van der Waals surface area contributed by atoms with Crippen molar-refractivity contribution in [2.45, 2.75) is 57.3 Å². The SMILES string of the molecule is O=[N+]([O-])c1ccc(N2CCC[C@H](C[C@@H]3CCCC[C@H]3Nc3ncc(-c4ccc(OC(F)(F)F)c(F)c4)o3)C2)cc1. The monoisotopic (exact) mass is 562 g/mol. The van der Waals surface area contributed by atoms with E-state index >= 15 is 0 Å². The van der Waals surface area contributed by atoms with E-state index < -0.39 is 22.9 Å². The van der Waals surface area contributed by atoms with Gasteiger partial charge >= 0.3 is 6.36 Å². The zero-order valence-corrected chi connectivity index (χ0v) is 21.7. The average molecular weight is 563 g/mol. The molecule has 1 saturated carbocycles. The third-order valence-corrected chi connectivity index (χ3v) is 7.75. The van der Waals surface area contributed by atoms with Gasteiger partial charge in [-0.15, -0.1) is 13.2 Å². The zero-order valence-electron chi connectivity index (χ0n) is 21.7. The van der Waals surface area contributed by atoms with Crippen LogP contribution in [-0.2, 0) is 0 Å². The Labute approximate surface area is 228 Å². The summed E-state index contributed by atoms with van der Waals surface area (Å²) in [6.45, 7) is 1.81. The molecule has 8 nitrogen and oxygen atoms in total. The van der Waals surface area contributed by atoms with Crippen molar-refractivity contribution in [3.8, 4) is 17.1 Å². The first-order valence-corrected chi connectivity index (χ1v) is 13.4. The van der Waals surface area contributed by atoms with Gasteiger partial charge in [0.15, 0.2) is 17.3 Å². The molecule has 3 aromatic rings. The van der Waals surface area contributed by atoms with Gasteiger partial charge in [0.2, 0.25) is 0 Å². The molecule has 0 spiro atoms. The van der Waals surface area contributed by atoms with Gasteiger partial charge in [0.25, 0.3) is 11.7 Å². The second-order valence-corrected chi connectivity index (χ2v) is 10.5. The van der Waals surface area contributed by atoms with Crippen molar-refractivity contribution in [3.05, 3.63) is 64.6 Å². The Bertz CT molecular complexity index is 1310. The third-order valence-electron chi connectivity index (χ3n) is 7.75. The first-order valence-electron chi connectivity index (χ1n) is 13.4. The van der Waals surface area contributed by atoms with Crippen molar-refractivity contribution in [2.24, 2.45) is 11.8 Å². The van der Waals surface area contributed by atoms with E-state index in [4.69, 9.17) is 4.42 Å². The summed E-state index contributed by atoms with van der Waals surface area (Å²) in [6.07, 6.45) is 3.89. The molecule has 0 unspecified atom stereocenters. The lowest BCUT2D eigenvalue weighted by Crippen LogP contribution is -2.39. The number of anilines is 2. The molecule has 5 rings (SSSR count). The van der Waals surface area contributed by atoms with Gasteiger partial charge in [-0.05, 0) is 74.3 Å². The molecule has 214 valence electrons. The maximum Gasteiger partial charge on any atom is 0.573 e. The molecule has 1 aromatic heterocycles. The molecule has 2 heterocycles. The van der Waals surface area contributed by atoms with Crippen LogP contribution in [0.2, 0.25) is 0 Å². The van der Waals surface area contributed by atoms with E-state index in [-0.39, 0.29) is 23.1 Å². The van der Waals surface area contributed by atoms with E-state index in [0.717, 1.165) is 75.9 Å². The van der Waals surface area contributed by atoms with Crippen LogP contribution in [0.3, 0.4) is 0 Å². The first kappa shape index (κ1) is 27.7. The van der Waals surface area contributed by atoms with Crippen molar-refractivity contribution in [2.75, 3.05) is 23.3 Å². The lowest BCUT2D eigenvalue weighted by molar-refractivity contribution is -0.384. The van der Waals surface area contributed by atoms with Gasteiger partial charge in [-0.25, -0.2) is 9.37 Å². The molecule has 0 radical (unpaired) electrons. The van der Waals surface area contributed by atoms with Crippen molar-refractivity contribution in [3.63, 3.8) is 0 Å². The summed E-state index contributed by atoms with van der Waals surface area (Å²) in [6, 6.07) is 10.3. The van der Waals surface area contributed by atoms with Gasteiger partial charge in [0.05, 0.1) is 11.1 Å². The van der Waals surface area contributed by atoms with Crippen LogP contribution >= 0.6 is 0 Å². The van der Waals surface area contributed by atoms with E-state index in [1.54, 1.807) is 12.1 Å². The van der Waals surface area contributed by atoms with Crippen LogP contribution < -0.4 is 15.0 Å². The fraction of sp³-hybridized carbons (Fsp3) is 0.464. The second kappa shape index (κ2) is 11.7. The number of hydrogen-bond donors (Lipinski definition) is 1. The number of rotatable bonds is 8. The van der Waals surface area contributed by atoms with Crippen LogP contribution in [0.5, 0.6) is 5.75 Å². The number of nitrogens with one attached hydrogen (secondary N) is 1. The molecule has 12 heteroatoms. The molecule has 2 aromatic carbocycles. The molecular formula is C28H30F4N4O4. The summed E-state index contributed by atoms with van der Waals surface area (Å²) in [5.41, 5.74) is 1.33. The van der Waals surface area contributed by atoms with Crippen LogP contribution in [0.1, 0.15) is 44.9 Å². The standard InChI is InChI=1S/C28H30F4N4O4/c29-23-15-20(7-12-25(23)40-28(30,31)32)26-16-33-27(39-26)34-24-6-2-1-5-19(24)14-18-4-3-13-35(17-18)21-8-10-22(11-9-21)36(37)38/h7-12,15-16,18-19,24H,1-6,13-14,17H2,(H,33,34)/t18-,19+,24-/m1/s1. The number of ether oxygens (including phenoxy) is 1. The molecule has 1 saturated heterocycles. The number of piperidine rings is 1. The van der Waals surface area contributed by atoms with Crippen LogP contribution in [0.15, 0.2) is 53.1 Å². The molecular weight excluding hydrogens is 532 g/mol. The summed E-state index contributed by atoms with van der Waals surface area (Å²) < 4.78 is 61.0. The Morgan fingerprint density at radius 3 is 2.60 bits per heavy atom. The van der Waals surface area contributed by atoms with Gasteiger partial charge in [-0.2, -0.15) is 0 Å².